The van der Waals surface area contributed by atoms with Crippen LogP contribution in [0, 0.1) is 12.7 Å². The van der Waals surface area contributed by atoms with Crippen molar-refractivity contribution in [3.05, 3.63) is 47.9 Å². The van der Waals surface area contributed by atoms with Crippen LogP contribution >= 0.6 is 0 Å². The van der Waals surface area contributed by atoms with Crippen LogP contribution in [-0.4, -0.2) is 36.2 Å². The first-order chi connectivity index (χ1) is 14.3. The molecule has 1 aliphatic rings. The molecule has 9 nitrogen and oxygen atoms in total. The number of nitrogens with zero attached hydrogens (tertiary/aromatic N) is 5. The Morgan fingerprint density at radius 3 is 2.87 bits per heavy atom. The fourth-order valence-electron chi connectivity index (χ4n) is 3.33. The fourth-order valence-corrected chi connectivity index (χ4v) is 3.33. The summed E-state index contributed by atoms with van der Waals surface area (Å²) in [5.41, 5.74) is 6.50. The molecule has 1 fully saturated rings. The van der Waals surface area contributed by atoms with Crippen molar-refractivity contribution in [2.75, 3.05) is 5.32 Å². The van der Waals surface area contributed by atoms with Crippen molar-refractivity contribution < 1.29 is 13.6 Å². The Morgan fingerprint density at radius 2 is 2.17 bits per heavy atom. The lowest BCUT2D eigenvalue weighted by Crippen LogP contribution is -2.19. The number of pyridine rings is 1. The summed E-state index contributed by atoms with van der Waals surface area (Å²) < 4.78 is 21.1. The van der Waals surface area contributed by atoms with E-state index in [0.29, 0.717) is 28.4 Å². The maximum absolute atomic E-state index is 14.1. The number of primary amides is 1. The minimum absolute atomic E-state index is 0.0681. The SMILES string of the molecule is Cc1oc2nc(-c3cnn(-c4ncccc4F)c3)nc(NC3(C)CC3)c2c1C(N)=O. The van der Waals surface area contributed by atoms with Crippen molar-refractivity contribution in [1.82, 2.24) is 24.7 Å². The van der Waals surface area contributed by atoms with Gasteiger partial charge in [-0.15, -0.1) is 0 Å². The molecule has 1 saturated carbocycles. The summed E-state index contributed by atoms with van der Waals surface area (Å²) in [6.07, 6.45) is 6.54. The highest BCUT2D eigenvalue weighted by Crippen LogP contribution is 2.41. The van der Waals surface area contributed by atoms with E-state index in [9.17, 15) is 9.18 Å². The van der Waals surface area contributed by atoms with Gasteiger partial charge < -0.3 is 15.5 Å². The van der Waals surface area contributed by atoms with Gasteiger partial charge in [0.1, 0.15) is 11.6 Å². The van der Waals surface area contributed by atoms with Crippen LogP contribution < -0.4 is 11.1 Å². The Kier molecular flexibility index (Phi) is 3.85. The van der Waals surface area contributed by atoms with E-state index >= 15 is 0 Å². The van der Waals surface area contributed by atoms with Gasteiger partial charge in [-0.05, 0) is 38.8 Å². The average molecular weight is 407 g/mol. The third-order valence-electron chi connectivity index (χ3n) is 5.19. The molecular weight excluding hydrogens is 389 g/mol. The highest BCUT2D eigenvalue weighted by molar-refractivity contribution is 6.09. The molecule has 10 heteroatoms. The van der Waals surface area contributed by atoms with Crippen LogP contribution in [0.25, 0.3) is 28.3 Å². The molecule has 0 bridgehead atoms. The summed E-state index contributed by atoms with van der Waals surface area (Å²) in [4.78, 5) is 25.1. The van der Waals surface area contributed by atoms with Gasteiger partial charge in [-0.1, -0.05) is 0 Å². The molecule has 0 aliphatic heterocycles. The number of carbonyl (C=O) groups is 1. The molecule has 0 unspecified atom stereocenters. The van der Waals surface area contributed by atoms with E-state index in [1.165, 1.54) is 29.2 Å². The van der Waals surface area contributed by atoms with Gasteiger partial charge in [0.05, 0.1) is 22.7 Å². The number of nitrogens with one attached hydrogen (secondary N) is 1. The molecule has 1 aliphatic carbocycles. The Bertz CT molecular complexity index is 1310. The van der Waals surface area contributed by atoms with Crippen molar-refractivity contribution in [3.63, 3.8) is 0 Å². The number of anilines is 1. The molecule has 0 spiro atoms. The number of rotatable bonds is 5. The zero-order valence-corrected chi connectivity index (χ0v) is 16.3. The molecule has 3 N–H and O–H groups in total. The van der Waals surface area contributed by atoms with Gasteiger partial charge in [0.15, 0.2) is 17.5 Å². The van der Waals surface area contributed by atoms with E-state index in [1.807, 2.05) is 0 Å². The average Bonchev–Trinajstić information content (AvgIpc) is 3.11. The molecule has 4 aromatic rings. The number of hydrogen-bond donors (Lipinski definition) is 2. The minimum atomic E-state index is -0.606. The van der Waals surface area contributed by atoms with Crippen molar-refractivity contribution in [2.45, 2.75) is 32.2 Å². The monoisotopic (exact) mass is 407 g/mol. The van der Waals surface area contributed by atoms with E-state index in [-0.39, 0.29) is 22.6 Å². The smallest absolute Gasteiger partial charge is 0.253 e. The summed E-state index contributed by atoms with van der Waals surface area (Å²) in [6, 6.07) is 2.81. The first-order valence-electron chi connectivity index (χ1n) is 9.40. The topological polar surface area (TPSA) is 125 Å². The second kappa shape index (κ2) is 6.34. The molecule has 30 heavy (non-hydrogen) atoms. The molecule has 0 atom stereocenters. The molecule has 5 rings (SSSR count). The zero-order chi connectivity index (χ0) is 21.0. The Labute approximate surface area is 170 Å². The number of furan rings is 1. The van der Waals surface area contributed by atoms with Gasteiger partial charge in [0.25, 0.3) is 5.91 Å². The number of fused-ring (bicyclic) bond motifs is 1. The van der Waals surface area contributed by atoms with Crippen LogP contribution in [0.2, 0.25) is 0 Å². The number of aryl methyl sites for hydroxylation is 1. The molecule has 0 radical (unpaired) electrons. The third kappa shape index (κ3) is 2.97. The van der Waals surface area contributed by atoms with Gasteiger partial charge in [-0.25, -0.2) is 19.0 Å². The highest BCUT2D eigenvalue weighted by atomic mass is 19.1. The number of halogens is 1. The van der Waals surface area contributed by atoms with Gasteiger partial charge in [-0.3, -0.25) is 4.79 Å². The normalized spacial score (nSPS) is 14.8. The first kappa shape index (κ1) is 18.2. The van der Waals surface area contributed by atoms with Crippen LogP contribution in [-0.2, 0) is 0 Å². The third-order valence-corrected chi connectivity index (χ3v) is 5.19. The quantitative estimate of drug-likeness (QED) is 0.521. The van der Waals surface area contributed by atoms with Crippen LogP contribution in [0.15, 0.2) is 35.1 Å². The second-order valence-corrected chi connectivity index (χ2v) is 7.64. The number of carbonyl (C=O) groups excluding carboxylic acids is 1. The van der Waals surface area contributed by atoms with E-state index in [0.717, 1.165) is 12.8 Å². The lowest BCUT2D eigenvalue weighted by molar-refractivity contribution is 0.1000. The van der Waals surface area contributed by atoms with Crippen LogP contribution in [0.3, 0.4) is 0 Å². The standard InChI is InChI=1S/C20H18FN7O2/c1-10-13(15(22)29)14-17(27-20(2)5-6-20)25-16(26-19(14)30-10)11-8-24-28(9-11)18-12(21)4-3-7-23-18/h3-4,7-9H,5-6H2,1-2H3,(H2,22,29)(H,25,26,27). The van der Waals surface area contributed by atoms with Crippen molar-refractivity contribution in [3.8, 4) is 17.2 Å². The largest absolute Gasteiger partial charge is 0.442 e. The lowest BCUT2D eigenvalue weighted by Gasteiger charge is -2.14. The predicted molar refractivity (Wildman–Crippen MR) is 107 cm³/mol. The van der Waals surface area contributed by atoms with E-state index < -0.39 is 11.7 Å². The van der Waals surface area contributed by atoms with Gasteiger partial charge >= 0.3 is 0 Å². The van der Waals surface area contributed by atoms with Gasteiger partial charge in [-0.2, -0.15) is 10.1 Å². The van der Waals surface area contributed by atoms with Crippen molar-refractivity contribution >= 4 is 22.8 Å². The molecule has 4 heterocycles. The maximum Gasteiger partial charge on any atom is 0.253 e. The summed E-state index contributed by atoms with van der Waals surface area (Å²) in [6.45, 7) is 3.73. The summed E-state index contributed by atoms with van der Waals surface area (Å²) in [7, 11) is 0. The number of nitrogens with two attached hydrogens (primary N) is 1. The van der Waals surface area contributed by atoms with Crippen LogP contribution in [0.1, 0.15) is 35.9 Å². The lowest BCUT2D eigenvalue weighted by atomic mass is 10.1. The molecule has 0 saturated heterocycles. The maximum atomic E-state index is 14.1. The highest BCUT2D eigenvalue weighted by Gasteiger charge is 2.39. The summed E-state index contributed by atoms with van der Waals surface area (Å²) >= 11 is 0. The molecule has 4 aromatic heterocycles. The first-order valence-corrected chi connectivity index (χ1v) is 9.40. The van der Waals surface area contributed by atoms with Gasteiger partial charge in [0.2, 0.25) is 5.71 Å². The van der Waals surface area contributed by atoms with E-state index in [1.54, 1.807) is 13.1 Å². The Balaban J connectivity index is 1.66. The summed E-state index contributed by atoms with van der Waals surface area (Å²) in [5.74, 6) is 0.127. The van der Waals surface area contributed by atoms with Crippen molar-refractivity contribution in [1.29, 1.82) is 0 Å². The zero-order valence-electron chi connectivity index (χ0n) is 16.3. The number of aromatic nitrogens is 5. The summed E-state index contributed by atoms with van der Waals surface area (Å²) in [5, 5.41) is 8.02. The Hall–Kier alpha value is -3.82. The number of amides is 1. The van der Waals surface area contributed by atoms with Crippen molar-refractivity contribution in [2.24, 2.45) is 5.73 Å². The fraction of sp³-hybridized carbons (Fsp3) is 0.250. The predicted octanol–water partition coefficient (Wildman–Crippen LogP) is 2.98. The van der Waals surface area contributed by atoms with E-state index in [4.69, 9.17) is 10.2 Å². The Morgan fingerprint density at radius 1 is 1.37 bits per heavy atom. The minimum Gasteiger partial charge on any atom is -0.442 e. The number of hydrogen-bond acceptors (Lipinski definition) is 7. The van der Waals surface area contributed by atoms with Crippen LogP contribution in [0.4, 0.5) is 10.2 Å². The van der Waals surface area contributed by atoms with E-state index in [2.05, 4.69) is 32.3 Å². The second-order valence-electron chi connectivity index (χ2n) is 7.64. The molecule has 0 aromatic carbocycles. The molecular formula is C20H18FN7O2. The molecule has 152 valence electrons. The van der Waals surface area contributed by atoms with Gasteiger partial charge in [0, 0.05) is 17.9 Å². The molecule has 1 amide bonds. The van der Waals surface area contributed by atoms with Crippen LogP contribution in [0.5, 0.6) is 0 Å².